The molecule has 25 heavy (non-hydrogen) atoms. The van der Waals surface area contributed by atoms with Crippen LogP contribution in [-0.2, 0) is 21.8 Å². The van der Waals surface area contributed by atoms with Gasteiger partial charge in [-0.2, -0.15) is 0 Å². The Bertz CT molecular complexity index is 705. The van der Waals surface area contributed by atoms with E-state index in [1.54, 1.807) is 11.8 Å². The minimum atomic E-state index is -0.0284. The number of aromatic nitrogens is 1. The van der Waals surface area contributed by atoms with Gasteiger partial charge in [-0.15, -0.1) is 23.1 Å². The van der Waals surface area contributed by atoms with Crippen molar-refractivity contribution in [2.75, 3.05) is 37.4 Å². The first-order valence-electron chi connectivity index (χ1n) is 8.05. The normalized spacial score (nSPS) is 15.2. The Kier molecular flexibility index (Phi) is 7.12. The van der Waals surface area contributed by atoms with E-state index in [9.17, 15) is 4.79 Å². The molecule has 0 spiro atoms. The Labute approximate surface area is 160 Å². The summed E-state index contributed by atoms with van der Waals surface area (Å²) >= 11 is 8.99. The number of amides is 1. The molecule has 8 heteroatoms. The van der Waals surface area contributed by atoms with Crippen LogP contribution in [0.25, 0.3) is 0 Å². The van der Waals surface area contributed by atoms with Crippen LogP contribution in [0.2, 0.25) is 5.02 Å². The van der Waals surface area contributed by atoms with Gasteiger partial charge in [0, 0.05) is 35.8 Å². The van der Waals surface area contributed by atoms with Gasteiger partial charge in [0.05, 0.1) is 24.7 Å². The Hall–Kier alpha value is -1.12. The van der Waals surface area contributed by atoms with Crippen LogP contribution in [0.15, 0.2) is 29.6 Å². The van der Waals surface area contributed by atoms with Gasteiger partial charge in [-0.3, -0.25) is 9.69 Å². The van der Waals surface area contributed by atoms with Gasteiger partial charge in [0.15, 0.2) is 5.13 Å². The molecule has 1 saturated heterocycles. The maximum atomic E-state index is 12.1. The van der Waals surface area contributed by atoms with Crippen molar-refractivity contribution in [1.82, 2.24) is 9.88 Å². The Morgan fingerprint density at radius 3 is 3.04 bits per heavy atom. The molecule has 0 aliphatic carbocycles. The van der Waals surface area contributed by atoms with E-state index in [-0.39, 0.29) is 5.91 Å². The van der Waals surface area contributed by atoms with E-state index in [2.05, 4.69) is 15.2 Å². The van der Waals surface area contributed by atoms with Crippen LogP contribution in [0.1, 0.15) is 11.3 Å². The van der Waals surface area contributed by atoms with Crippen molar-refractivity contribution in [1.29, 1.82) is 0 Å². The number of anilines is 1. The summed E-state index contributed by atoms with van der Waals surface area (Å²) in [7, 11) is 0. The zero-order valence-corrected chi connectivity index (χ0v) is 16.1. The summed E-state index contributed by atoms with van der Waals surface area (Å²) < 4.78 is 5.35. The number of hydrogen-bond donors (Lipinski definition) is 1. The number of thiazole rings is 1. The highest BCUT2D eigenvalue weighted by molar-refractivity contribution is 7.99. The fourth-order valence-corrected chi connectivity index (χ4v) is 4.17. The quantitative estimate of drug-likeness (QED) is 0.774. The summed E-state index contributed by atoms with van der Waals surface area (Å²) in [6.07, 6.45) is 0. The van der Waals surface area contributed by atoms with Gasteiger partial charge in [0.25, 0.3) is 0 Å². The van der Waals surface area contributed by atoms with Gasteiger partial charge in [0.2, 0.25) is 5.91 Å². The molecule has 2 heterocycles. The van der Waals surface area contributed by atoms with E-state index in [0.717, 1.165) is 54.9 Å². The van der Waals surface area contributed by atoms with Gasteiger partial charge in [-0.25, -0.2) is 4.98 Å². The highest BCUT2D eigenvalue weighted by Gasteiger charge is 2.13. The van der Waals surface area contributed by atoms with Gasteiger partial charge in [0.1, 0.15) is 0 Å². The fourth-order valence-electron chi connectivity index (χ4n) is 2.47. The molecular weight excluding hydrogens is 378 g/mol. The molecule has 2 aromatic rings. The van der Waals surface area contributed by atoms with E-state index >= 15 is 0 Å². The van der Waals surface area contributed by atoms with Crippen molar-refractivity contribution in [3.63, 3.8) is 0 Å². The highest BCUT2D eigenvalue weighted by Crippen LogP contribution is 2.19. The van der Waals surface area contributed by atoms with Crippen LogP contribution in [-0.4, -0.2) is 47.8 Å². The monoisotopic (exact) mass is 397 g/mol. The van der Waals surface area contributed by atoms with E-state index in [4.69, 9.17) is 16.3 Å². The molecule has 1 aliphatic heterocycles. The number of hydrogen-bond acceptors (Lipinski definition) is 6. The average Bonchev–Trinajstić information content (AvgIpc) is 3.02. The second-order valence-corrected chi connectivity index (χ2v) is 7.98. The van der Waals surface area contributed by atoms with Crippen LogP contribution in [0.5, 0.6) is 0 Å². The molecule has 1 aliphatic rings. The molecule has 1 aromatic heterocycles. The molecule has 134 valence electrons. The summed E-state index contributed by atoms with van der Waals surface area (Å²) in [5.41, 5.74) is 2.11. The smallest absolute Gasteiger partial charge is 0.236 e. The van der Waals surface area contributed by atoms with Crippen LogP contribution in [0, 0.1) is 0 Å². The third-order valence-corrected chi connectivity index (χ3v) is 5.72. The molecule has 1 amide bonds. The number of benzene rings is 1. The van der Waals surface area contributed by atoms with Crippen LogP contribution in [0.3, 0.4) is 0 Å². The molecule has 0 atom stereocenters. The molecule has 3 rings (SSSR count). The summed E-state index contributed by atoms with van der Waals surface area (Å²) in [5, 5.41) is 6.26. The van der Waals surface area contributed by atoms with Crippen molar-refractivity contribution >= 4 is 45.7 Å². The number of nitrogens with one attached hydrogen (secondary N) is 1. The first-order valence-corrected chi connectivity index (χ1v) is 10.5. The molecule has 0 unspecified atom stereocenters. The molecule has 1 fully saturated rings. The predicted octanol–water partition coefficient (Wildman–Crippen LogP) is 3.50. The zero-order chi connectivity index (χ0) is 17.5. The maximum absolute atomic E-state index is 12.1. The molecule has 0 radical (unpaired) electrons. The largest absolute Gasteiger partial charge is 0.379 e. The fraction of sp³-hybridized carbons (Fsp3) is 0.412. The maximum Gasteiger partial charge on any atom is 0.236 e. The number of carbonyl (C=O) groups excluding carboxylic acids is 1. The van der Waals surface area contributed by atoms with Crippen molar-refractivity contribution < 1.29 is 9.53 Å². The lowest BCUT2D eigenvalue weighted by molar-refractivity contribution is -0.113. The molecular formula is C17H20ClN3O2S2. The van der Waals surface area contributed by atoms with E-state index in [0.29, 0.717) is 10.9 Å². The minimum absolute atomic E-state index is 0.0284. The van der Waals surface area contributed by atoms with Crippen molar-refractivity contribution in [3.8, 4) is 0 Å². The first kappa shape index (κ1) is 18.7. The van der Waals surface area contributed by atoms with Gasteiger partial charge in [-0.05, 0) is 17.7 Å². The second kappa shape index (κ2) is 9.54. The first-order chi connectivity index (χ1) is 12.2. The van der Waals surface area contributed by atoms with Crippen LogP contribution >= 0.6 is 34.7 Å². The number of thioether (sulfide) groups is 1. The Balaban J connectivity index is 1.40. The van der Waals surface area contributed by atoms with Crippen LogP contribution in [0.4, 0.5) is 5.13 Å². The number of rotatable bonds is 7. The lowest BCUT2D eigenvalue weighted by atomic mass is 10.2. The third kappa shape index (κ3) is 6.27. The standard InChI is InChI=1S/C17H20ClN3O2S2/c18-14-3-1-2-13(8-14)10-24-12-16(22)20-17-19-15(11-25-17)9-21-4-6-23-7-5-21/h1-3,8,11H,4-7,9-10,12H2,(H,19,20,22). The molecule has 1 aromatic carbocycles. The van der Waals surface area contributed by atoms with Crippen molar-refractivity contribution in [2.24, 2.45) is 0 Å². The molecule has 0 saturated carbocycles. The Morgan fingerprint density at radius 1 is 1.40 bits per heavy atom. The summed E-state index contributed by atoms with van der Waals surface area (Å²) in [6.45, 7) is 4.22. The van der Waals surface area contributed by atoms with Crippen molar-refractivity contribution in [3.05, 3.63) is 45.9 Å². The number of halogens is 1. The lowest BCUT2D eigenvalue weighted by Crippen LogP contribution is -2.35. The summed E-state index contributed by atoms with van der Waals surface area (Å²) in [6, 6.07) is 7.70. The highest BCUT2D eigenvalue weighted by atomic mass is 35.5. The minimum Gasteiger partial charge on any atom is -0.379 e. The zero-order valence-electron chi connectivity index (χ0n) is 13.7. The average molecular weight is 398 g/mol. The van der Waals surface area contributed by atoms with Gasteiger partial charge < -0.3 is 10.1 Å². The number of morpholine rings is 1. The second-order valence-electron chi connectivity index (χ2n) is 5.70. The van der Waals surface area contributed by atoms with Crippen LogP contribution < -0.4 is 5.32 Å². The number of ether oxygens (including phenoxy) is 1. The van der Waals surface area contributed by atoms with Crippen molar-refractivity contribution in [2.45, 2.75) is 12.3 Å². The number of carbonyl (C=O) groups is 1. The van der Waals surface area contributed by atoms with E-state index in [1.807, 2.05) is 29.6 Å². The van der Waals surface area contributed by atoms with Gasteiger partial charge >= 0.3 is 0 Å². The van der Waals surface area contributed by atoms with Gasteiger partial charge in [-0.1, -0.05) is 23.7 Å². The third-order valence-electron chi connectivity index (χ3n) is 3.68. The summed E-state index contributed by atoms with van der Waals surface area (Å²) in [5.74, 6) is 1.12. The Morgan fingerprint density at radius 2 is 2.24 bits per heavy atom. The summed E-state index contributed by atoms with van der Waals surface area (Å²) in [4.78, 5) is 18.9. The van der Waals surface area contributed by atoms with E-state index in [1.165, 1.54) is 11.3 Å². The topological polar surface area (TPSA) is 54.5 Å². The lowest BCUT2D eigenvalue weighted by Gasteiger charge is -2.25. The predicted molar refractivity (Wildman–Crippen MR) is 104 cm³/mol. The number of nitrogens with zero attached hydrogens (tertiary/aromatic N) is 2. The SMILES string of the molecule is O=C(CSCc1cccc(Cl)c1)Nc1nc(CN2CCOCC2)cs1. The molecule has 1 N–H and O–H groups in total. The molecule has 0 bridgehead atoms. The van der Waals surface area contributed by atoms with E-state index < -0.39 is 0 Å². The molecule has 5 nitrogen and oxygen atoms in total.